The Bertz CT molecular complexity index is 220. The Morgan fingerprint density at radius 2 is 1.90 bits per heavy atom. The van der Waals surface area contributed by atoms with Crippen molar-refractivity contribution in [3.05, 3.63) is 29.3 Å². The lowest BCUT2D eigenvalue weighted by molar-refractivity contribution is 0.345. The van der Waals surface area contributed by atoms with E-state index in [0.717, 1.165) is 0 Å². The highest BCUT2D eigenvalue weighted by Gasteiger charge is 1.89. The molecule has 0 atom stereocenters. The van der Waals surface area contributed by atoms with Gasteiger partial charge in [-0.3, -0.25) is 0 Å². The van der Waals surface area contributed by atoms with E-state index in [4.69, 9.17) is 16.4 Å². The lowest BCUT2D eigenvalue weighted by atomic mass is 10.3. The third kappa shape index (κ3) is 1.74. The van der Waals surface area contributed by atoms with Gasteiger partial charge in [-0.05, 0) is 24.3 Å². The zero-order chi connectivity index (χ0) is 7.40. The molecular formula is C7H6ClNO. The topological polar surface area (TPSA) is 21.6 Å². The molecule has 0 bridgehead atoms. The predicted octanol–water partition coefficient (Wildman–Crippen LogP) is 2.33. The van der Waals surface area contributed by atoms with Crippen molar-refractivity contribution < 1.29 is 4.84 Å². The van der Waals surface area contributed by atoms with Crippen molar-refractivity contribution in [1.29, 1.82) is 0 Å². The van der Waals surface area contributed by atoms with E-state index in [1.807, 2.05) is 0 Å². The predicted molar refractivity (Wildman–Crippen MR) is 41.6 cm³/mol. The first-order valence-electron chi connectivity index (χ1n) is 2.71. The van der Waals surface area contributed by atoms with E-state index in [9.17, 15) is 0 Å². The van der Waals surface area contributed by atoms with Gasteiger partial charge in [0.1, 0.15) is 0 Å². The van der Waals surface area contributed by atoms with Crippen molar-refractivity contribution in [1.82, 2.24) is 0 Å². The van der Waals surface area contributed by atoms with Crippen molar-refractivity contribution in [2.75, 3.05) is 0 Å². The van der Waals surface area contributed by atoms with E-state index >= 15 is 0 Å². The number of nitrogens with zero attached hydrogens (tertiary/aromatic N) is 1. The van der Waals surface area contributed by atoms with E-state index < -0.39 is 0 Å². The molecule has 10 heavy (non-hydrogen) atoms. The third-order valence-electron chi connectivity index (χ3n) is 0.984. The third-order valence-corrected chi connectivity index (χ3v) is 1.24. The largest absolute Gasteiger partial charge is 0.358 e. The maximum atomic E-state index is 5.61. The fraction of sp³-hybridized carbons (Fsp3) is 0. The summed E-state index contributed by atoms with van der Waals surface area (Å²) in [6.07, 6.45) is 0. The van der Waals surface area contributed by atoms with Crippen LogP contribution in [0, 0.1) is 0 Å². The summed E-state index contributed by atoms with van der Waals surface area (Å²) in [4.78, 5) is 4.72. The molecule has 0 N–H and O–H groups in total. The average molecular weight is 156 g/mol. The molecule has 0 saturated carbocycles. The van der Waals surface area contributed by atoms with E-state index in [2.05, 4.69) is 11.9 Å². The Morgan fingerprint density at radius 1 is 1.30 bits per heavy atom. The molecule has 0 aliphatic carbocycles. The summed E-state index contributed by atoms with van der Waals surface area (Å²) in [6.45, 7) is 3.17. The van der Waals surface area contributed by atoms with Crippen molar-refractivity contribution in [3.63, 3.8) is 0 Å². The highest BCUT2D eigenvalue weighted by molar-refractivity contribution is 6.30. The highest BCUT2D eigenvalue weighted by atomic mass is 35.5. The molecule has 0 unspecified atom stereocenters. The van der Waals surface area contributed by atoms with Gasteiger partial charge in [-0.2, -0.15) is 0 Å². The molecule has 0 fully saturated rings. The van der Waals surface area contributed by atoms with Crippen LogP contribution in [0.2, 0.25) is 5.02 Å². The average Bonchev–Trinajstić information content (AvgIpc) is 1.95. The minimum Gasteiger partial charge on any atom is -0.358 e. The van der Waals surface area contributed by atoms with E-state index in [-0.39, 0.29) is 0 Å². The first kappa shape index (κ1) is 7.09. The summed E-state index contributed by atoms with van der Waals surface area (Å²) in [6, 6.07) is 6.89. The first-order chi connectivity index (χ1) is 4.83. The van der Waals surface area contributed by atoms with Gasteiger partial charge in [0, 0.05) is 11.7 Å². The van der Waals surface area contributed by atoms with Gasteiger partial charge in [0.05, 0.1) is 0 Å². The van der Waals surface area contributed by atoms with Crippen LogP contribution in [0.3, 0.4) is 0 Å². The number of hydrogen-bond donors (Lipinski definition) is 0. The maximum Gasteiger partial charge on any atom is 0.158 e. The lowest BCUT2D eigenvalue weighted by Gasteiger charge is -1.94. The molecule has 0 saturated heterocycles. The Labute approximate surface area is 64.1 Å². The Kier molecular flexibility index (Phi) is 2.29. The molecule has 0 spiro atoms. The van der Waals surface area contributed by atoms with Crippen molar-refractivity contribution in [3.8, 4) is 5.75 Å². The van der Waals surface area contributed by atoms with Crippen molar-refractivity contribution in [2.24, 2.45) is 5.16 Å². The fourth-order valence-corrected chi connectivity index (χ4v) is 0.696. The van der Waals surface area contributed by atoms with Crippen LogP contribution in [-0.4, -0.2) is 6.72 Å². The fourth-order valence-electron chi connectivity index (χ4n) is 0.570. The molecular weight excluding hydrogens is 150 g/mol. The zero-order valence-corrected chi connectivity index (χ0v) is 6.01. The second-order valence-electron chi connectivity index (χ2n) is 1.67. The molecule has 1 aromatic carbocycles. The second-order valence-corrected chi connectivity index (χ2v) is 2.11. The summed E-state index contributed by atoms with van der Waals surface area (Å²) >= 11 is 5.61. The molecule has 1 aromatic rings. The van der Waals surface area contributed by atoms with Crippen molar-refractivity contribution >= 4 is 18.3 Å². The van der Waals surface area contributed by atoms with Gasteiger partial charge in [0.2, 0.25) is 0 Å². The maximum absolute atomic E-state index is 5.61. The van der Waals surface area contributed by atoms with Crippen molar-refractivity contribution in [2.45, 2.75) is 0 Å². The van der Waals surface area contributed by atoms with Gasteiger partial charge in [-0.25, -0.2) is 0 Å². The summed E-state index contributed by atoms with van der Waals surface area (Å²) < 4.78 is 0. The SMILES string of the molecule is C=NOc1ccc(Cl)cc1. The van der Waals surface area contributed by atoms with E-state index in [0.29, 0.717) is 10.8 Å². The smallest absolute Gasteiger partial charge is 0.158 e. The monoisotopic (exact) mass is 155 g/mol. The van der Waals surface area contributed by atoms with Crippen LogP contribution in [0.4, 0.5) is 0 Å². The summed E-state index contributed by atoms with van der Waals surface area (Å²) in [5.41, 5.74) is 0. The first-order valence-corrected chi connectivity index (χ1v) is 3.09. The van der Waals surface area contributed by atoms with Crippen LogP contribution in [-0.2, 0) is 0 Å². The molecule has 0 aromatic heterocycles. The number of oxime groups is 1. The number of benzene rings is 1. The minimum atomic E-state index is 0.638. The molecule has 3 heteroatoms. The Morgan fingerprint density at radius 3 is 2.40 bits per heavy atom. The summed E-state index contributed by atoms with van der Waals surface area (Å²) in [5, 5.41) is 3.92. The van der Waals surface area contributed by atoms with Gasteiger partial charge >= 0.3 is 0 Å². The van der Waals surface area contributed by atoms with Gasteiger partial charge in [0.15, 0.2) is 5.75 Å². The van der Waals surface area contributed by atoms with Crippen LogP contribution >= 0.6 is 11.6 Å². The highest BCUT2D eigenvalue weighted by Crippen LogP contribution is 2.15. The number of halogens is 1. The number of hydrogen-bond acceptors (Lipinski definition) is 2. The molecule has 52 valence electrons. The van der Waals surface area contributed by atoms with Gasteiger partial charge < -0.3 is 4.84 Å². The normalized spacial score (nSPS) is 8.90. The zero-order valence-electron chi connectivity index (χ0n) is 5.25. The molecule has 0 aliphatic heterocycles. The van der Waals surface area contributed by atoms with Crippen LogP contribution in [0.15, 0.2) is 29.4 Å². The van der Waals surface area contributed by atoms with Crippen LogP contribution in [0.25, 0.3) is 0 Å². The second kappa shape index (κ2) is 3.22. The molecule has 0 aliphatic rings. The molecule has 1 rings (SSSR count). The van der Waals surface area contributed by atoms with E-state index in [1.165, 1.54) is 0 Å². The Balaban J connectivity index is 2.78. The minimum absolute atomic E-state index is 0.638. The quantitative estimate of drug-likeness (QED) is 0.475. The van der Waals surface area contributed by atoms with Gasteiger partial charge in [-0.1, -0.05) is 16.8 Å². The van der Waals surface area contributed by atoms with Crippen LogP contribution in [0.1, 0.15) is 0 Å². The lowest BCUT2D eigenvalue weighted by Crippen LogP contribution is -1.78. The van der Waals surface area contributed by atoms with Crippen LogP contribution < -0.4 is 4.84 Å². The summed E-state index contributed by atoms with van der Waals surface area (Å²) in [5.74, 6) is 0.638. The number of rotatable bonds is 2. The Hall–Kier alpha value is -1.02. The molecule has 0 radical (unpaired) electrons. The van der Waals surface area contributed by atoms with Gasteiger partial charge in [0.25, 0.3) is 0 Å². The molecule has 2 nitrogen and oxygen atoms in total. The summed E-state index contributed by atoms with van der Waals surface area (Å²) in [7, 11) is 0. The van der Waals surface area contributed by atoms with Gasteiger partial charge in [-0.15, -0.1) is 0 Å². The molecule has 0 heterocycles. The molecule has 0 amide bonds. The standard InChI is InChI=1S/C7H6ClNO/c1-9-10-7-4-2-6(8)3-5-7/h2-5H,1H2. The van der Waals surface area contributed by atoms with E-state index in [1.54, 1.807) is 24.3 Å². The van der Waals surface area contributed by atoms with Crippen LogP contribution in [0.5, 0.6) is 5.75 Å².